The van der Waals surface area contributed by atoms with Crippen molar-refractivity contribution in [1.82, 2.24) is 59.8 Å². The number of nitrogens with zero attached hydrogens (tertiary/aromatic N) is 8. The van der Waals surface area contributed by atoms with E-state index in [9.17, 15) is 0 Å². The zero-order valence-electron chi connectivity index (χ0n) is 33.7. The number of benzene rings is 4. The molecule has 16 bridgehead atoms. The fourth-order valence-corrected chi connectivity index (χ4v) is 8.53. The lowest BCUT2D eigenvalue weighted by atomic mass is 10.1. The minimum absolute atomic E-state index is 0.597. The Balaban J connectivity index is 0.000000147. The topological polar surface area (TPSA) is 166 Å². The van der Waals surface area contributed by atoms with Gasteiger partial charge in [0.05, 0.1) is 22.8 Å². The van der Waals surface area contributed by atoms with Crippen LogP contribution in [-0.2, 0) is 0 Å². The number of nitrogens with one attached hydrogen (secondary N) is 4. The number of aromatic nitrogens is 12. The maximum absolute atomic E-state index is 5.02. The average Bonchev–Trinajstić information content (AvgIpc) is 4.21. The van der Waals surface area contributed by atoms with Crippen LogP contribution in [0.4, 0.5) is 0 Å². The van der Waals surface area contributed by atoms with Gasteiger partial charge in [0.1, 0.15) is 22.6 Å². The van der Waals surface area contributed by atoms with Gasteiger partial charge in [-0.15, -0.1) is 0 Å². The molecule has 300 valence electrons. The van der Waals surface area contributed by atoms with Crippen molar-refractivity contribution in [2.45, 2.75) is 0 Å². The van der Waals surface area contributed by atoms with E-state index in [2.05, 4.69) is 54.2 Å². The van der Waals surface area contributed by atoms with Crippen molar-refractivity contribution in [3.63, 3.8) is 0 Å². The van der Waals surface area contributed by atoms with Gasteiger partial charge in [-0.2, -0.15) is 0 Å². The Bertz CT molecular complexity index is 3500. The summed E-state index contributed by atoms with van der Waals surface area (Å²) < 4.78 is 0. The van der Waals surface area contributed by atoms with Crippen molar-refractivity contribution in [3.8, 4) is 45.6 Å². The molecule has 6 aromatic heterocycles. The minimum Gasteiger partial charge on any atom is -0.355 e. The van der Waals surface area contributed by atoms with Crippen molar-refractivity contribution in [2.24, 2.45) is 0 Å². The van der Waals surface area contributed by atoms with E-state index in [0.29, 0.717) is 45.9 Å². The average molecular weight is 825 g/mol. The van der Waals surface area contributed by atoms with Crippen molar-refractivity contribution < 1.29 is 0 Å². The van der Waals surface area contributed by atoms with Crippen molar-refractivity contribution in [2.75, 3.05) is 0 Å². The number of rotatable bonds is 0. The summed E-state index contributed by atoms with van der Waals surface area (Å²) in [5.41, 5.74) is 14.3. The first kappa shape index (κ1) is 35.6. The minimum atomic E-state index is 0.597. The van der Waals surface area contributed by atoms with Gasteiger partial charge < -0.3 is 19.9 Å². The maximum Gasteiger partial charge on any atom is 0.164 e. The lowest BCUT2D eigenvalue weighted by Crippen LogP contribution is -1.82. The third kappa shape index (κ3) is 6.24. The Morgan fingerprint density at radius 2 is 0.516 bits per heavy atom. The van der Waals surface area contributed by atoms with E-state index in [0.717, 1.165) is 88.6 Å². The third-order valence-corrected chi connectivity index (χ3v) is 11.5. The monoisotopic (exact) mass is 824 g/mol. The summed E-state index contributed by atoms with van der Waals surface area (Å²) >= 11 is 0. The quantitative estimate of drug-likeness (QED) is 0.117. The highest BCUT2D eigenvalue weighted by molar-refractivity contribution is 6.06. The summed E-state index contributed by atoms with van der Waals surface area (Å²) in [5, 5.41) is 3.82. The molecule has 4 N–H and O–H groups in total. The molecule has 0 spiro atoms. The van der Waals surface area contributed by atoms with Gasteiger partial charge in [0, 0.05) is 65.9 Å². The molecular weight excluding hydrogens is 793 g/mol. The first-order chi connectivity index (χ1) is 31.6. The highest BCUT2D eigenvalue weighted by Crippen LogP contribution is 2.36. The van der Waals surface area contributed by atoms with Crippen molar-refractivity contribution in [3.05, 3.63) is 168 Å². The third-order valence-electron chi connectivity index (χ3n) is 11.5. The number of hydrogen-bond acceptors (Lipinski definition) is 8. The zero-order chi connectivity index (χ0) is 42.1. The zero-order valence-corrected chi connectivity index (χ0v) is 33.7. The Morgan fingerprint density at radius 1 is 0.250 bits per heavy atom. The Kier molecular flexibility index (Phi) is 7.90. The molecule has 10 heterocycles. The van der Waals surface area contributed by atoms with Gasteiger partial charge in [-0.1, -0.05) is 97.1 Å². The lowest BCUT2D eigenvalue weighted by Gasteiger charge is -1.96. The van der Waals surface area contributed by atoms with Crippen LogP contribution in [0.3, 0.4) is 0 Å². The summed E-state index contributed by atoms with van der Waals surface area (Å²) in [4.78, 5) is 52.8. The van der Waals surface area contributed by atoms with Crippen LogP contribution in [0, 0.1) is 0 Å². The molecule has 0 aliphatic carbocycles. The summed E-state index contributed by atoms with van der Waals surface area (Å²) in [6.07, 6.45) is 8.09. The fraction of sp³-hybridized carbons (Fsp3) is 0. The van der Waals surface area contributed by atoms with Crippen LogP contribution < -0.4 is 0 Å². The second-order valence-electron chi connectivity index (χ2n) is 15.7. The normalized spacial score (nSPS) is 12.2. The van der Waals surface area contributed by atoms with Crippen molar-refractivity contribution in [1.29, 1.82) is 0 Å². The summed E-state index contributed by atoms with van der Waals surface area (Å²) in [6, 6.07) is 48.6. The van der Waals surface area contributed by atoms with Gasteiger partial charge in [-0.25, -0.2) is 39.9 Å². The summed E-state index contributed by atoms with van der Waals surface area (Å²) in [5.74, 6) is 2.39. The molecule has 0 unspecified atom stereocenters. The molecule has 0 atom stereocenters. The van der Waals surface area contributed by atoms with Crippen LogP contribution in [0.2, 0.25) is 0 Å². The van der Waals surface area contributed by atoms with E-state index in [1.807, 2.05) is 146 Å². The highest BCUT2D eigenvalue weighted by atomic mass is 15.1. The predicted octanol–water partition coefficient (Wildman–Crippen LogP) is 11.5. The number of H-pyrrole nitrogens is 4. The molecular formula is C52H32N12. The number of fused-ring (bicyclic) bond motifs is 28. The second kappa shape index (κ2) is 14.2. The molecule has 64 heavy (non-hydrogen) atoms. The van der Waals surface area contributed by atoms with E-state index < -0.39 is 0 Å². The standard InChI is InChI=1S/C32H18N8.C20H14N4/c1-2-10-18-17(9-1)25-33-26(18)38-28-21-13-5-6-14-22(21)30(35-28)40-32-24-16-8-7-15-23(24)31(36-32)39-29-20-12-4-3-11-19(20)27(34-29)37-25;1-2-14-10-16-5-6-18(23-16)12-20-8-7-19(24-20)11-17-4-3-15(22-17)9-13(1)21-14/h1-16H,(H2,33,34,35,36,37,38,39,40);1-12,21,24H. The van der Waals surface area contributed by atoms with Crippen LogP contribution in [-0.4, -0.2) is 59.8 Å². The molecule has 0 saturated carbocycles. The Morgan fingerprint density at radius 3 is 0.797 bits per heavy atom. The summed E-state index contributed by atoms with van der Waals surface area (Å²) in [7, 11) is 0. The number of hydrogen-bond donors (Lipinski definition) is 4. The highest BCUT2D eigenvalue weighted by Gasteiger charge is 2.21. The van der Waals surface area contributed by atoms with E-state index in [4.69, 9.17) is 29.9 Å². The van der Waals surface area contributed by atoms with E-state index in [-0.39, 0.29) is 0 Å². The molecule has 12 nitrogen and oxygen atoms in total. The van der Waals surface area contributed by atoms with Gasteiger partial charge in [-0.3, -0.25) is 0 Å². The maximum atomic E-state index is 5.02. The smallest absolute Gasteiger partial charge is 0.164 e. The van der Waals surface area contributed by atoms with Crippen LogP contribution in [0.15, 0.2) is 146 Å². The van der Waals surface area contributed by atoms with Gasteiger partial charge in [0.2, 0.25) is 0 Å². The van der Waals surface area contributed by atoms with Gasteiger partial charge in [-0.05, 0) is 72.8 Å². The molecule has 12 heteroatoms. The second-order valence-corrected chi connectivity index (χ2v) is 15.7. The summed E-state index contributed by atoms with van der Waals surface area (Å²) in [6.45, 7) is 0. The number of aromatic amines is 4. The molecule has 4 aliphatic rings. The molecule has 0 fully saturated rings. The largest absolute Gasteiger partial charge is 0.355 e. The van der Waals surface area contributed by atoms with Crippen LogP contribution in [0.5, 0.6) is 0 Å². The van der Waals surface area contributed by atoms with E-state index in [1.165, 1.54) is 0 Å². The van der Waals surface area contributed by atoms with Crippen LogP contribution >= 0.6 is 0 Å². The Hall–Kier alpha value is -9.16. The predicted molar refractivity (Wildman–Crippen MR) is 255 cm³/mol. The van der Waals surface area contributed by atoms with Crippen LogP contribution in [0.25, 0.3) is 136 Å². The first-order valence-electron chi connectivity index (χ1n) is 20.8. The molecule has 0 radical (unpaired) electrons. The molecule has 4 aromatic carbocycles. The van der Waals surface area contributed by atoms with E-state index in [1.54, 1.807) is 0 Å². The van der Waals surface area contributed by atoms with Crippen molar-refractivity contribution >= 4 is 90.5 Å². The molecule has 4 aliphatic heterocycles. The fourth-order valence-electron chi connectivity index (χ4n) is 8.53. The molecule has 0 amide bonds. The van der Waals surface area contributed by atoms with Crippen LogP contribution in [0.1, 0.15) is 22.8 Å². The van der Waals surface area contributed by atoms with E-state index >= 15 is 0 Å². The Labute approximate surface area is 363 Å². The molecule has 14 rings (SSSR count). The van der Waals surface area contributed by atoms with Gasteiger partial charge in [0.25, 0.3) is 0 Å². The van der Waals surface area contributed by atoms with Gasteiger partial charge >= 0.3 is 0 Å². The molecule has 0 saturated heterocycles. The lowest BCUT2D eigenvalue weighted by molar-refractivity contribution is 1.19. The molecule has 10 aromatic rings. The van der Waals surface area contributed by atoms with Gasteiger partial charge in [0.15, 0.2) is 23.3 Å². The first-order valence-corrected chi connectivity index (χ1v) is 20.8. The SMILES string of the molecule is C1=Cc2cc3ccc(cc4nc(cc5ccc(cc1n2)[nH]5)C=C4)[nH]3.c1ccc2c(c1)-c1nc-2nc2[nH]c(nc3nc(nc4[nH]c(n1)c1ccccc41)-c1ccccc1-3)c1ccccc21.